The zero-order valence-corrected chi connectivity index (χ0v) is 15.2. The van der Waals surface area contributed by atoms with Crippen molar-refractivity contribution in [3.63, 3.8) is 0 Å². The van der Waals surface area contributed by atoms with E-state index < -0.39 is 0 Å². The van der Waals surface area contributed by atoms with Crippen LogP contribution < -0.4 is 0 Å². The number of carbonyl (C=O) groups excluding carboxylic acids is 2. The topological polar surface area (TPSA) is 54.4 Å². The standard InChI is InChI=1S/C21H30O3/c1-12(22)16-6-7-17-15-5-4-13-10-14(23)8-9-20(13,2)19(15)18(24)11-21(16,17)3/h6,13-15,17,19,23H,4-5,7-11H2,1-3H3/t13?,14?,15-,17-,19+,20-,21+/m0/s1. The van der Waals surface area contributed by atoms with E-state index in [9.17, 15) is 14.7 Å². The molecule has 132 valence electrons. The lowest BCUT2D eigenvalue weighted by atomic mass is 9.44. The largest absolute Gasteiger partial charge is 0.393 e. The number of hydrogen-bond donors (Lipinski definition) is 1. The summed E-state index contributed by atoms with van der Waals surface area (Å²) in [7, 11) is 0. The van der Waals surface area contributed by atoms with E-state index in [2.05, 4.69) is 19.9 Å². The molecule has 4 rings (SSSR count). The molecule has 3 heteroatoms. The lowest BCUT2D eigenvalue weighted by molar-refractivity contribution is -0.158. The Labute approximate surface area is 144 Å². The highest BCUT2D eigenvalue weighted by Gasteiger charge is 2.62. The number of hydrogen-bond acceptors (Lipinski definition) is 3. The first kappa shape index (κ1) is 16.5. The summed E-state index contributed by atoms with van der Waals surface area (Å²) in [4.78, 5) is 25.4. The highest BCUT2D eigenvalue weighted by molar-refractivity contribution is 5.97. The molecular weight excluding hydrogens is 300 g/mol. The Morgan fingerprint density at radius 1 is 1.25 bits per heavy atom. The molecule has 0 radical (unpaired) electrons. The number of ketones is 2. The van der Waals surface area contributed by atoms with Gasteiger partial charge in [-0.1, -0.05) is 19.9 Å². The number of aliphatic hydroxyl groups is 1. The lowest BCUT2D eigenvalue weighted by Crippen LogP contribution is -2.57. The van der Waals surface area contributed by atoms with Gasteiger partial charge < -0.3 is 5.11 Å². The molecule has 4 aliphatic rings. The summed E-state index contributed by atoms with van der Waals surface area (Å²) in [6.07, 6.45) is 8.34. The van der Waals surface area contributed by atoms with Gasteiger partial charge in [0.2, 0.25) is 0 Å². The van der Waals surface area contributed by atoms with Crippen molar-refractivity contribution >= 4 is 11.6 Å². The van der Waals surface area contributed by atoms with Crippen LogP contribution in [0.25, 0.3) is 0 Å². The van der Waals surface area contributed by atoms with Crippen LogP contribution >= 0.6 is 0 Å². The molecule has 0 aliphatic heterocycles. The van der Waals surface area contributed by atoms with Crippen LogP contribution in [0.4, 0.5) is 0 Å². The normalized spacial score (nSPS) is 50.6. The first-order chi connectivity index (χ1) is 11.3. The van der Waals surface area contributed by atoms with Gasteiger partial charge in [-0.3, -0.25) is 9.59 Å². The minimum Gasteiger partial charge on any atom is -0.393 e. The van der Waals surface area contributed by atoms with E-state index in [1.54, 1.807) is 6.92 Å². The Kier molecular flexibility index (Phi) is 3.62. The Hall–Kier alpha value is -0.960. The van der Waals surface area contributed by atoms with Gasteiger partial charge in [0.15, 0.2) is 5.78 Å². The van der Waals surface area contributed by atoms with Crippen molar-refractivity contribution in [2.24, 2.45) is 34.5 Å². The molecule has 0 saturated heterocycles. The fraction of sp³-hybridized carbons (Fsp3) is 0.810. The Balaban J connectivity index is 1.69. The Morgan fingerprint density at radius 2 is 2.00 bits per heavy atom. The Morgan fingerprint density at radius 3 is 2.71 bits per heavy atom. The van der Waals surface area contributed by atoms with Gasteiger partial charge in [-0.05, 0) is 74.2 Å². The molecule has 3 fully saturated rings. The van der Waals surface area contributed by atoms with Crippen LogP contribution in [0.2, 0.25) is 0 Å². The average Bonchev–Trinajstić information content (AvgIpc) is 2.84. The summed E-state index contributed by atoms with van der Waals surface area (Å²) in [5, 5.41) is 10.1. The maximum Gasteiger partial charge on any atom is 0.156 e. The van der Waals surface area contributed by atoms with Gasteiger partial charge in [0.25, 0.3) is 0 Å². The SMILES string of the molecule is CC(=O)C1=CC[C@H]2[C@@H]3CCC4CC(O)CC[C@]4(C)[C@H]3C(=O)C[C@]12C. The zero-order chi connectivity index (χ0) is 17.3. The molecular formula is C21H30O3. The maximum atomic E-state index is 13.3. The molecule has 0 aromatic heterocycles. The molecule has 3 saturated carbocycles. The first-order valence-electron chi connectivity index (χ1n) is 9.69. The smallest absolute Gasteiger partial charge is 0.156 e. The van der Waals surface area contributed by atoms with E-state index in [0.717, 1.165) is 44.1 Å². The van der Waals surface area contributed by atoms with Crippen LogP contribution in [0, 0.1) is 34.5 Å². The summed E-state index contributed by atoms with van der Waals surface area (Å²) in [5.41, 5.74) is 0.728. The number of rotatable bonds is 1. The fourth-order valence-electron chi connectivity index (χ4n) is 7.17. The molecule has 2 unspecified atom stereocenters. The van der Waals surface area contributed by atoms with Crippen LogP contribution in [-0.2, 0) is 9.59 Å². The number of aliphatic hydroxyl groups excluding tert-OH is 1. The summed E-state index contributed by atoms with van der Waals surface area (Å²) in [6, 6.07) is 0. The third kappa shape index (κ3) is 2.06. The van der Waals surface area contributed by atoms with E-state index in [1.165, 1.54) is 0 Å². The minimum atomic E-state index is -0.235. The summed E-state index contributed by atoms with van der Waals surface area (Å²) in [6.45, 7) is 6.12. The highest BCUT2D eigenvalue weighted by Crippen LogP contribution is 2.65. The van der Waals surface area contributed by atoms with Crippen molar-refractivity contribution in [2.75, 3.05) is 0 Å². The van der Waals surface area contributed by atoms with Crippen LogP contribution in [0.5, 0.6) is 0 Å². The molecule has 0 aromatic rings. The van der Waals surface area contributed by atoms with Gasteiger partial charge in [-0.25, -0.2) is 0 Å². The van der Waals surface area contributed by atoms with Gasteiger partial charge in [0.05, 0.1) is 6.10 Å². The van der Waals surface area contributed by atoms with Crippen LogP contribution in [0.3, 0.4) is 0 Å². The fourth-order valence-corrected chi connectivity index (χ4v) is 7.17. The average molecular weight is 330 g/mol. The lowest BCUT2D eigenvalue weighted by Gasteiger charge is -2.59. The number of carbonyl (C=O) groups is 2. The number of fused-ring (bicyclic) bond motifs is 5. The van der Waals surface area contributed by atoms with Crippen LogP contribution in [-0.4, -0.2) is 22.8 Å². The molecule has 0 heterocycles. The van der Waals surface area contributed by atoms with E-state index in [0.29, 0.717) is 30.0 Å². The third-order valence-corrected chi connectivity index (χ3v) is 8.29. The summed E-state index contributed by atoms with van der Waals surface area (Å²) < 4.78 is 0. The molecule has 1 N–H and O–H groups in total. The quantitative estimate of drug-likeness (QED) is 0.797. The van der Waals surface area contributed by atoms with Crippen molar-refractivity contribution in [3.05, 3.63) is 11.6 Å². The summed E-state index contributed by atoms with van der Waals surface area (Å²) >= 11 is 0. The van der Waals surface area contributed by atoms with E-state index in [-0.39, 0.29) is 28.6 Å². The third-order valence-electron chi connectivity index (χ3n) is 8.29. The second kappa shape index (κ2) is 5.27. The predicted molar refractivity (Wildman–Crippen MR) is 92.3 cm³/mol. The molecule has 3 nitrogen and oxygen atoms in total. The monoisotopic (exact) mass is 330 g/mol. The number of allylic oxidation sites excluding steroid dienone is 2. The maximum absolute atomic E-state index is 13.3. The van der Waals surface area contributed by atoms with E-state index in [1.807, 2.05) is 0 Å². The van der Waals surface area contributed by atoms with E-state index in [4.69, 9.17) is 0 Å². The van der Waals surface area contributed by atoms with Crippen LogP contribution in [0.15, 0.2) is 11.6 Å². The molecule has 7 atom stereocenters. The van der Waals surface area contributed by atoms with Crippen molar-refractivity contribution in [2.45, 2.75) is 71.8 Å². The Bertz CT molecular complexity index is 621. The minimum absolute atomic E-state index is 0.0551. The number of Topliss-reactive ketones (excluding diaryl/α,β-unsaturated/α-hetero) is 2. The second-order valence-electron chi connectivity index (χ2n) is 9.43. The molecule has 24 heavy (non-hydrogen) atoms. The van der Waals surface area contributed by atoms with Crippen molar-refractivity contribution in [1.29, 1.82) is 0 Å². The van der Waals surface area contributed by atoms with Gasteiger partial charge in [-0.2, -0.15) is 0 Å². The van der Waals surface area contributed by atoms with E-state index >= 15 is 0 Å². The van der Waals surface area contributed by atoms with Gasteiger partial charge in [0.1, 0.15) is 5.78 Å². The zero-order valence-electron chi connectivity index (χ0n) is 15.2. The van der Waals surface area contributed by atoms with Crippen molar-refractivity contribution < 1.29 is 14.7 Å². The first-order valence-corrected chi connectivity index (χ1v) is 9.69. The molecule has 0 spiro atoms. The van der Waals surface area contributed by atoms with Crippen molar-refractivity contribution in [3.8, 4) is 0 Å². The highest BCUT2D eigenvalue weighted by atomic mass is 16.3. The van der Waals surface area contributed by atoms with Gasteiger partial charge in [0, 0.05) is 17.8 Å². The van der Waals surface area contributed by atoms with Crippen LogP contribution in [0.1, 0.15) is 65.7 Å². The molecule has 0 aromatic carbocycles. The molecule has 4 aliphatic carbocycles. The predicted octanol–water partition coefficient (Wildman–Crippen LogP) is 3.69. The molecule has 0 bridgehead atoms. The van der Waals surface area contributed by atoms with Crippen molar-refractivity contribution in [1.82, 2.24) is 0 Å². The van der Waals surface area contributed by atoms with Gasteiger partial charge in [-0.15, -0.1) is 0 Å². The summed E-state index contributed by atoms with van der Waals surface area (Å²) in [5.74, 6) is 2.02. The molecule has 0 amide bonds. The second-order valence-corrected chi connectivity index (χ2v) is 9.43. The van der Waals surface area contributed by atoms with Gasteiger partial charge >= 0.3 is 0 Å².